The van der Waals surface area contributed by atoms with Gasteiger partial charge in [-0.05, 0) is 54.1 Å². The molecule has 132 valence electrons. The second kappa shape index (κ2) is 8.02. The number of nitrogens with one attached hydrogen (secondary N) is 1. The molecule has 0 unspecified atom stereocenters. The van der Waals surface area contributed by atoms with E-state index in [1.54, 1.807) is 55.6 Å². The van der Waals surface area contributed by atoms with Crippen LogP contribution in [0.3, 0.4) is 0 Å². The van der Waals surface area contributed by atoms with Gasteiger partial charge in [0.25, 0.3) is 5.91 Å². The molecule has 0 aliphatic rings. The van der Waals surface area contributed by atoms with Crippen LogP contribution in [0.25, 0.3) is 0 Å². The Hall–Kier alpha value is -3.54. The minimum Gasteiger partial charge on any atom is -0.497 e. The number of ether oxygens (including phenoxy) is 2. The lowest BCUT2D eigenvalue weighted by Gasteiger charge is -2.07. The Morgan fingerprint density at radius 1 is 1.00 bits per heavy atom. The average Bonchev–Trinajstić information content (AvgIpc) is 3.22. The number of anilines is 1. The van der Waals surface area contributed by atoms with Gasteiger partial charge in [0, 0.05) is 5.69 Å². The third-order valence-electron chi connectivity index (χ3n) is 3.65. The van der Waals surface area contributed by atoms with E-state index in [2.05, 4.69) is 5.32 Å². The molecule has 0 saturated heterocycles. The lowest BCUT2D eigenvalue weighted by Crippen LogP contribution is -2.11. The Balaban J connectivity index is 1.55. The van der Waals surface area contributed by atoms with Crippen molar-refractivity contribution in [1.29, 1.82) is 0 Å². The van der Waals surface area contributed by atoms with Gasteiger partial charge in [0.2, 0.25) is 0 Å². The summed E-state index contributed by atoms with van der Waals surface area (Å²) in [7, 11) is 1.59. The van der Waals surface area contributed by atoms with Gasteiger partial charge in [-0.15, -0.1) is 0 Å². The molecule has 6 nitrogen and oxygen atoms in total. The number of hydrogen-bond acceptors (Lipinski definition) is 5. The van der Waals surface area contributed by atoms with Crippen LogP contribution >= 0.6 is 0 Å². The molecule has 3 aromatic rings. The fourth-order valence-corrected chi connectivity index (χ4v) is 2.24. The number of rotatable bonds is 6. The molecule has 0 bridgehead atoms. The molecule has 0 aliphatic heterocycles. The van der Waals surface area contributed by atoms with E-state index < -0.39 is 5.97 Å². The normalized spacial score (nSPS) is 10.2. The van der Waals surface area contributed by atoms with E-state index in [9.17, 15) is 9.59 Å². The first-order chi connectivity index (χ1) is 12.7. The molecule has 2 aromatic carbocycles. The quantitative estimate of drug-likeness (QED) is 0.682. The molecule has 1 aromatic heterocycles. The van der Waals surface area contributed by atoms with E-state index in [0.29, 0.717) is 11.3 Å². The summed E-state index contributed by atoms with van der Waals surface area (Å²) in [4.78, 5) is 24.0. The van der Waals surface area contributed by atoms with Gasteiger partial charge in [0.15, 0.2) is 5.76 Å². The molecule has 0 radical (unpaired) electrons. The zero-order chi connectivity index (χ0) is 18.4. The summed E-state index contributed by atoms with van der Waals surface area (Å²) in [6.07, 6.45) is 1.43. The largest absolute Gasteiger partial charge is 0.497 e. The summed E-state index contributed by atoms with van der Waals surface area (Å²) in [5.41, 5.74) is 1.81. The Morgan fingerprint density at radius 2 is 1.73 bits per heavy atom. The third-order valence-corrected chi connectivity index (χ3v) is 3.65. The molecule has 0 fully saturated rings. The molecule has 0 aliphatic carbocycles. The van der Waals surface area contributed by atoms with Crippen molar-refractivity contribution in [1.82, 2.24) is 0 Å². The van der Waals surface area contributed by atoms with Gasteiger partial charge in [-0.1, -0.05) is 12.1 Å². The molecule has 0 spiro atoms. The fraction of sp³-hybridized carbons (Fsp3) is 0.100. The van der Waals surface area contributed by atoms with Crippen LogP contribution in [-0.2, 0) is 11.3 Å². The van der Waals surface area contributed by atoms with Crippen molar-refractivity contribution in [2.75, 3.05) is 12.4 Å². The topological polar surface area (TPSA) is 77.8 Å². The van der Waals surface area contributed by atoms with E-state index in [-0.39, 0.29) is 18.3 Å². The van der Waals surface area contributed by atoms with Crippen molar-refractivity contribution >= 4 is 17.6 Å². The highest BCUT2D eigenvalue weighted by atomic mass is 16.5. The summed E-state index contributed by atoms with van der Waals surface area (Å²) in [5, 5.41) is 2.68. The lowest BCUT2D eigenvalue weighted by molar-refractivity contribution is 0.0472. The number of amides is 1. The van der Waals surface area contributed by atoms with E-state index in [4.69, 9.17) is 13.9 Å². The number of hydrogen-bond donors (Lipinski definition) is 1. The predicted octanol–water partition coefficient (Wildman–Crippen LogP) is 3.90. The monoisotopic (exact) mass is 351 g/mol. The van der Waals surface area contributed by atoms with E-state index in [1.165, 1.54) is 6.26 Å². The van der Waals surface area contributed by atoms with Crippen LogP contribution in [0, 0.1) is 0 Å². The second-order valence-electron chi connectivity index (χ2n) is 5.43. The van der Waals surface area contributed by atoms with Crippen molar-refractivity contribution < 1.29 is 23.5 Å². The maximum absolute atomic E-state index is 12.1. The maximum Gasteiger partial charge on any atom is 0.338 e. The summed E-state index contributed by atoms with van der Waals surface area (Å²) in [6.45, 7) is 0.166. The van der Waals surface area contributed by atoms with Gasteiger partial charge in [-0.3, -0.25) is 4.79 Å². The van der Waals surface area contributed by atoms with Crippen LogP contribution in [0.5, 0.6) is 5.75 Å². The van der Waals surface area contributed by atoms with E-state index >= 15 is 0 Å². The van der Waals surface area contributed by atoms with Crippen LogP contribution in [-0.4, -0.2) is 19.0 Å². The minimum absolute atomic E-state index is 0.166. The number of furan rings is 1. The molecular formula is C20H17NO5. The molecule has 1 N–H and O–H groups in total. The summed E-state index contributed by atoms with van der Waals surface area (Å²) in [6, 6.07) is 16.9. The maximum atomic E-state index is 12.1. The predicted molar refractivity (Wildman–Crippen MR) is 95.2 cm³/mol. The van der Waals surface area contributed by atoms with E-state index in [0.717, 1.165) is 11.3 Å². The van der Waals surface area contributed by atoms with Crippen LogP contribution in [0.1, 0.15) is 26.5 Å². The van der Waals surface area contributed by atoms with Crippen molar-refractivity contribution in [2.45, 2.75) is 6.61 Å². The highest BCUT2D eigenvalue weighted by Crippen LogP contribution is 2.15. The molecule has 1 heterocycles. The molecule has 0 saturated carbocycles. The van der Waals surface area contributed by atoms with Gasteiger partial charge in [-0.25, -0.2) is 4.79 Å². The van der Waals surface area contributed by atoms with Gasteiger partial charge < -0.3 is 19.2 Å². The van der Waals surface area contributed by atoms with Crippen molar-refractivity contribution in [3.8, 4) is 5.75 Å². The standard InChI is InChI=1S/C20H17NO5/c1-24-17-10-4-14(5-11-17)13-26-20(23)15-6-8-16(9-7-15)21-19(22)18-3-2-12-25-18/h2-12H,13H2,1H3,(H,21,22). The first-order valence-electron chi connectivity index (χ1n) is 7.90. The number of esters is 1. The van der Waals surface area contributed by atoms with Crippen LogP contribution in [0.15, 0.2) is 71.3 Å². The van der Waals surface area contributed by atoms with E-state index in [1.807, 2.05) is 12.1 Å². The minimum atomic E-state index is -0.440. The SMILES string of the molecule is COc1ccc(COC(=O)c2ccc(NC(=O)c3ccco3)cc2)cc1. The highest BCUT2D eigenvalue weighted by molar-refractivity contribution is 6.02. The molecule has 26 heavy (non-hydrogen) atoms. The number of methoxy groups -OCH3 is 1. The Labute approximate surface area is 150 Å². The smallest absolute Gasteiger partial charge is 0.338 e. The molecule has 0 atom stereocenters. The van der Waals surface area contributed by atoms with Crippen molar-refractivity contribution in [3.05, 3.63) is 83.8 Å². The molecule has 3 rings (SSSR count). The van der Waals surface area contributed by atoms with Crippen molar-refractivity contribution in [3.63, 3.8) is 0 Å². The zero-order valence-corrected chi connectivity index (χ0v) is 14.1. The van der Waals surface area contributed by atoms with Crippen molar-refractivity contribution in [2.24, 2.45) is 0 Å². The second-order valence-corrected chi connectivity index (χ2v) is 5.43. The summed E-state index contributed by atoms with van der Waals surface area (Å²) >= 11 is 0. The first-order valence-corrected chi connectivity index (χ1v) is 7.90. The van der Waals surface area contributed by atoms with Crippen LogP contribution < -0.4 is 10.1 Å². The van der Waals surface area contributed by atoms with Crippen LogP contribution in [0.4, 0.5) is 5.69 Å². The lowest BCUT2D eigenvalue weighted by atomic mass is 10.2. The van der Waals surface area contributed by atoms with Gasteiger partial charge >= 0.3 is 5.97 Å². The van der Waals surface area contributed by atoms with Gasteiger partial charge in [0.1, 0.15) is 12.4 Å². The number of carbonyl (C=O) groups is 2. The summed E-state index contributed by atoms with van der Waals surface area (Å²) < 4.78 is 15.4. The molecular weight excluding hydrogens is 334 g/mol. The van der Waals surface area contributed by atoms with Gasteiger partial charge in [0.05, 0.1) is 18.9 Å². The summed E-state index contributed by atoms with van der Waals surface area (Å²) in [5.74, 6) is 0.162. The molecule has 6 heteroatoms. The fourth-order valence-electron chi connectivity index (χ4n) is 2.24. The Kier molecular flexibility index (Phi) is 5.34. The van der Waals surface area contributed by atoms with Gasteiger partial charge in [-0.2, -0.15) is 0 Å². The number of benzene rings is 2. The highest BCUT2D eigenvalue weighted by Gasteiger charge is 2.11. The Bertz CT molecular complexity index is 868. The third kappa shape index (κ3) is 4.30. The van der Waals surface area contributed by atoms with Crippen LogP contribution in [0.2, 0.25) is 0 Å². The Morgan fingerprint density at radius 3 is 2.35 bits per heavy atom. The zero-order valence-electron chi connectivity index (χ0n) is 14.1. The first kappa shape index (κ1) is 17.3. The average molecular weight is 351 g/mol. The number of carbonyl (C=O) groups excluding carboxylic acids is 2. The molecule has 1 amide bonds.